The Hall–Kier alpha value is -3.39. The largest absolute Gasteiger partial charge is 0.403 e. The molecular formula is C25H36N8. The highest BCUT2D eigenvalue weighted by Crippen LogP contribution is 2.39. The Balaban J connectivity index is 0.00000149. The summed E-state index contributed by atoms with van der Waals surface area (Å²) in [6.07, 6.45) is 9.98. The van der Waals surface area contributed by atoms with Gasteiger partial charge in [-0.2, -0.15) is 0 Å². The van der Waals surface area contributed by atoms with Crippen LogP contribution < -0.4 is 27.0 Å². The molecule has 176 valence electrons. The minimum Gasteiger partial charge on any atom is -0.403 e. The maximum Gasteiger partial charge on any atom is 0.135 e. The Kier molecular flexibility index (Phi) is 8.06. The van der Waals surface area contributed by atoms with Crippen molar-refractivity contribution < 1.29 is 0 Å². The van der Waals surface area contributed by atoms with Crippen LogP contribution in [0.1, 0.15) is 50.8 Å². The van der Waals surface area contributed by atoms with Crippen molar-refractivity contribution in [1.82, 2.24) is 25.6 Å². The predicted octanol–water partition coefficient (Wildman–Crippen LogP) is 4.30. The van der Waals surface area contributed by atoms with Gasteiger partial charge in [-0.25, -0.2) is 15.0 Å². The molecule has 1 aliphatic carbocycles. The highest BCUT2D eigenvalue weighted by molar-refractivity contribution is 5.94. The Morgan fingerprint density at radius 3 is 2.39 bits per heavy atom. The lowest BCUT2D eigenvalue weighted by Crippen LogP contribution is -2.37. The number of anilines is 3. The smallest absolute Gasteiger partial charge is 0.135 e. The van der Waals surface area contributed by atoms with Crippen molar-refractivity contribution in [3.8, 4) is 0 Å². The second kappa shape index (κ2) is 11.0. The van der Waals surface area contributed by atoms with Crippen LogP contribution in [0.25, 0.3) is 16.5 Å². The van der Waals surface area contributed by atoms with Gasteiger partial charge < -0.3 is 27.0 Å². The molecule has 8 nitrogen and oxygen atoms in total. The Morgan fingerprint density at radius 2 is 1.76 bits per heavy atom. The highest BCUT2D eigenvalue weighted by Gasteiger charge is 2.34. The molecule has 4 rings (SSSR count). The van der Waals surface area contributed by atoms with E-state index in [0.717, 1.165) is 52.5 Å². The zero-order valence-corrected chi connectivity index (χ0v) is 20.3. The molecule has 0 bridgehead atoms. The quantitative estimate of drug-likeness (QED) is 0.364. The summed E-state index contributed by atoms with van der Waals surface area (Å²) < 4.78 is 0. The molecule has 3 heterocycles. The summed E-state index contributed by atoms with van der Waals surface area (Å²) in [4.78, 5) is 13.8. The van der Waals surface area contributed by atoms with Crippen molar-refractivity contribution in [2.24, 2.45) is 5.73 Å². The SMILES string of the molecule is CC.CN/C(=C\N)c1cc2cc(Nc3cc(C4(NC)CCCC4)ccn3)ncc2c(NC)n1. The van der Waals surface area contributed by atoms with Crippen molar-refractivity contribution in [2.75, 3.05) is 31.8 Å². The van der Waals surface area contributed by atoms with Crippen LogP contribution >= 0.6 is 0 Å². The van der Waals surface area contributed by atoms with Crippen molar-refractivity contribution in [1.29, 1.82) is 0 Å². The number of nitrogens with zero attached hydrogens (tertiary/aromatic N) is 3. The number of hydrogen-bond acceptors (Lipinski definition) is 8. The van der Waals surface area contributed by atoms with Crippen LogP contribution in [0.5, 0.6) is 0 Å². The summed E-state index contributed by atoms with van der Waals surface area (Å²) >= 11 is 0. The number of hydrogen-bond donors (Lipinski definition) is 5. The van der Waals surface area contributed by atoms with Gasteiger partial charge in [0, 0.05) is 43.6 Å². The fourth-order valence-corrected chi connectivity index (χ4v) is 4.43. The van der Waals surface area contributed by atoms with Gasteiger partial charge in [-0.1, -0.05) is 26.7 Å². The van der Waals surface area contributed by atoms with Gasteiger partial charge in [0.05, 0.1) is 11.4 Å². The van der Waals surface area contributed by atoms with E-state index in [9.17, 15) is 0 Å². The average Bonchev–Trinajstić information content (AvgIpc) is 3.36. The van der Waals surface area contributed by atoms with Crippen LogP contribution in [-0.2, 0) is 5.54 Å². The Labute approximate surface area is 196 Å². The third kappa shape index (κ3) is 5.01. The zero-order chi connectivity index (χ0) is 23.8. The molecule has 0 amide bonds. The molecular weight excluding hydrogens is 412 g/mol. The van der Waals surface area contributed by atoms with Gasteiger partial charge in [0.25, 0.3) is 0 Å². The molecule has 0 aliphatic heterocycles. The van der Waals surface area contributed by atoms with E-state index in [1.165, 1.54) is 24.6 Å². The van der Waals surface area contributed by atoms with E-state index >= 15 is 0 Å². The predicted molar refractivity (Wildman–Crippen MR) is 138 cm³/mol. The lowest BCUT2D eigenvalue weighted by Gasteiger charge is -2.29. The molecule has 1 aliphatic rings. The topological polar surface area (TPSA) is 113 Å². The molecule has 33 heavy (non-hydrogen) atoms. The van der Waals surface area contributed by atoms with Gasteiger partial charge in [0.1, 0.15) is 17.5 Å². The van der Waals surface area contributed by atoms with Gasteiger partial charge in [0.2, 0.25) is 0 Å². The van der Waals surface area contributed by atoms with E-state index < -0.39 is 0 Å². The van der Waals surface area contributed by atoms with E-state index in [0.29, 0.717) is 0 Å². The number of aromatic nitrogens is 3. The van der Waals surface area contributed by atoms with E-state index in [2.05, 4.69) is 48.4 Å². The van der Waals surface area contributed by atoms with Crippen LogP contribution in [-0.4, -0.2) is 36.1 Å². The summed E-state index contributed by atoms with van der Waals surface area (Å²) in [7, 11) is 5.72. The monoisotopic (exact) mass is 448 g/mol. The number of nitrogens with two attached hydrogens (primary N) is 1. The summed E-state index contributed by atoms with van der Waals surface area (Å²) in [6, 6.07) is 8.23. The molecule has 0 spiro atoms. The summed E-state index contributed by atoms with van der Waals surface area (Å²) in [6.45, 7) is 4.00. The van der Waals surface area contributed by atoms with Gasteiger partial charge in [-0.3, -0.25) is 0 Å². The minimum atomic E-state index is 0.0383. The molecule has 1 fully saturated rings. The fraction of sp³-hybridized carbons (Fsp3) is 0.400. The lowest BCUT2D eigenvalue weighted by molar-refractivity contribution is 0.372. The number of nitrogens with one attached hydrogen (secondary N) is 4. The molecule has 3 aromatic rings. The van der Waals surface area contributed by atoms with E-state index in [4.69, 9.17) is 5.73 Å². The molecule has 0 unspecified atom stereocenters. The van der Waals surface area contributed by atoms with Gasteiger partial charge in [0.15, 0.2) is 0 Å². The summed E-state index contributed by atoms with van der Waals surface area (Å²) in [5.41, 5.74) is 8.57. The van der Waals surface area contributed by atoms with Crippen LogP contribution in [0, 0.1) is 0 Å². The van der Waals surface area contributed by atoms with Crippen molar-refractivity contribution in [3.05, 3.63) is 54.1 Å². The lowest BCUT2D eigenvalue weighted by atomic mass is 9.89. The van der Waals surface area contributed by atoms with E-state index in [1.54, 1.807) is 0 Å². The summed E-state index contributed by atoms with van der Waals surface area (Å²) in [5, 5.41) is 15.1. The first-order valence-electron chi connectivity index (χ1n) is 11.6. The van der Waals surface area contributed by atoms with E-state index in [-0.39, 0.29) is 5.54 Å². The Morgan fingerprint density at radius 1 is 1.03 bits per heavy atom. The molecule has 3 aromatic heterocycles. The van der Waals surface area contributed by atoms with Crippen LogP contribution in [0.15, 0.2) is 42.9 Å². The van der Waals surface area contributed by atoms with Crippen LogP contribution in [0.2, 0.25) is 0 Å². The van der Waals surface area contributed by atoms with Crippen molar-refractivity contribution >= 4 is 33.9 Å². The zero-order valence-electron chi connectivity index (χ0n) is 20.3. The second-order valence-corrected chi connectivity index (χ2v) is 7.82. The standard InChI is InChI=1S/C23H30N8.C2H6/c1-25-19(13-24)18-10-15-11-20(29-14-17(15)22(26-2)30-18)31-21-12-16(6-9-28-21)23(27-3)7-4-5-8-23;1-2/h6,9-14,25,27H,4-5,7-8,24H2,1-3H3,(H,26,30)(H,28,29,31);1-2H3/b19-13-;. The maximum atomic E-state index is 5.75. The first-order chi connectivity index (χ1) is 16.1. The highest BCUT2D eigenvalue weighted by atomic mass is 15.1. The van der Waals surface area contributed by atoms with Gasteiger partial charge in [-0.05, 0) is 55.1 Å². The molecule has 0 atom stereocenters. The molecule has 0 saturated heterocycles. The fourth-order valence-electron chi connectivity index (χ4n) is 4.43. The number of pyridine rings is 3. The summed E-state index contributed by atoms with van der Waals surface area (Å²) in [5.74, 6) is 2.26. The molecule has 0 aromatic carbocycles. The van der Waals surface area contributed by atoms with Crippen LogP contribution in [0.4, 0.5) is 17.5 Å². The second-order valence-electron chi connectivity index (χ2n) is 7.82. The van der Waals surface area contributed by atoms with Crippen molar-refractivity contribution in [3.63, 3.8) is 0 Å². The Bertz CT molecular complexity index is 1100. The van der Waals surface area contributed by atoms with Gasteiger partial charge in [-0.15, -0.1) is 0 Å². The van der Waals surface area contributed by atoms with E-state index in [1.807, 2.05) is 59.5 Å². The van der Waals surface area contributed by atoms with Crippen LogP contribution in [0.3, 0.4) is 0 Å². The maximum absolute atomic E-state index is 5.75. The normalized spacial score (nSPS) is 15.0. The number of fused-ring (bicyclic) bond motifs is 1. The average molecular weight is 449 g/mol. The molecule has 0 radical (unpaired) electrons. The van der Waals surface area contributed by atoms with Gasteiger partial charge >= 0.3 is 0 Å². The number of rotatable bonds is 7. The van der Waals surface area contributed by atoms with Crippen molar-refractivity contribution in [2.45, 2.75) is 45.1 Å². The molecule has 6 N–H and O–H groups in total. The first kappa shape index (κ1) is 24.3. The third-order valence-electron chi connectivity index (χ3n) is 6.17. The molecule has 8 heteroatoms. The minimum absolute atomic E-state index is 0.0383. The first-order valence-corrected chi connectivity index (χ1v) is 11.6. The third-order valence-corrected chi connectivity index (χ3v) is 6.17. The molecule has 1 saturated carbocycles.